The third kappa shape index (κ3) is 4.13. The van der Waals surface area contributed by atoms with Crippen molar-refractivity contribution in [3.8, 4) is 0 Å². The van der Waals surface area contributed by atoms with Gasteiger partial charge in [0.25, 0.3) is 11.8 Å². The maximum absolute atomic E-state index is 12.8. The van der Waals surface area contributed by atoms with Crippen LogP contribution >= 0.6 is 11.3 Å². The first-order chi connectivity index (χ1) is 12.9. The number of carbonyl (C=O) groups is 4. The summed E-state index contributed by atoms with van der Waals surface area (Å²) in [5.41, 5.74) is -0.909. The summed E-state index contributed by atoms with van der Waals surface area (Å²) in [7, 11) is 0. The van der Waals surface area contributed by atoms with Crippen LogP contribution in [0.25, 0.3) is 0 Å². The molecule has 146 valence electrons. The second kappa shape index (κ2) is 8.08. The molecule has 1 aliphatic heterocycles. The van der Waals surface area contributed by atoms with E-state index in [1.807, 2.05) is 24.4 Å². The standard InChI is InChI=1S/C18H23N3O5S/c1-12-5-2-3-7-18(12)16(24)21(17(25)20-18)10-15(23)26-11-14(22)19-9-13-6-4-8-27-13/h4,6,8,12H,2-3,5,7,9-11H2,1H3,(H,19,22)(H,20,25)/t12-,18-/m1/s1. The van der Waals surface area contributed by atoms with Crippen molar-refractivity contribution >= 4 is 35.2 Å². The SMILES string of the molecule is C[C@@H]1CCCC[C@@]12NC(=O)N(CC(=O)OCC(=O)NCc1cccs1)C2=O. The number of ether oxygens (including phenoxy) is 1. The van der Waals surface area contributed by atoms with E-state index in [1.165, 1.54) is 11.3 Å². The molecule has 1 aromatic rings. The predicted octanol–water partition coefficient (Wildman–Crippen LogP) is 1.41. The normalized spacial score (nSPS) is 24.8. The number of nitrogens with one attached hydrogen (secondary N) is 2. The molecule has 0 radical (unpaired) electrons. The fourth-order valence-corrected chi connectivity index (χ4v) is 4.25. The van der Waals surface area contributed by atoms with Gasteiger partial charge in [0.2, 0.25) is 0 Å². The van der Waals surface area contributed by atoms with E-state index in [2.05, 4.69) is 10.6 Å². The highest BCUT2D eigenvalue weighted by Crippen LogP contribution is 2.38. The fraction of sp³-hybridized carbons (Fsp3) is 0.556. The fourth-order valence-electron chi connectivity index (χ4n) is 3.61. The van der Waals surface area contributed by atoms with Gasteiger partial charge in [-0.15, -0.1) is 11.3 Å². The van der Waals surface area contributed by atoms with Crippen molar-refractivity contribution in [2.75, 3.05) is 13.2 Å². The summed E-state index contributed by atoms with van der Waals surface area (Å²) in [4.78, 5) is 50.6. The molecule has 4 amide bonds. The molecule has 3 rings (SSSR count). The molecule has 2 aliphatic rings. The summed E-state index contributed by atoms with van der Waals surface area (Å²) in [5.74, 6) is -1.58. The number of esters is 1. The van der Waals surface area contributed by atoms with Gasteiger partial charge in [-0.3, -0.25) is 19.3 Å². The largest absolute Gasteiger partial charge is 0.454 e. The Morgan fingerprint density at radius 1 is 1.41 bits per heavy atom. The third-order valence-corrected chi connectivity index (χ3v) is 6.07. The van der Waals surface area contributed by atoms with Crippen molar-refractivity contribution in [1.82, 2.24) is 15.5 Å². The molecule has 0 unspecified atom stereocenters. The van der Waals surface area contributed by atoms with Crippen LogP contribution in [0.5, 0.6) is 0 Å². The Bertz CT molecular complexity index is 735. The van der Waals surface area contributed by atoms with Gasteiger partial charge >= 0.3 is 12.0 Å². The second-order valence-corrected chi connectivity index (χ2v) is 7.99. The van der Waals surface area contributed by atoms with Gasteiger partial charge in [-0.25, -0.2) is 4.79 Å². The minimum Gasteiger partial charge on any atom is -0.454 e. The number of carbonyl (C=O) groups excluding carboxylic acids is 4. The number of amides is 4. The molecule has 2 fully saturated rings. The number of hydrogen-bond acceptors (Lipinski definition) is 6. The van der Waals surface area contributed by atoms with Gasteiger partial charge in [0.1, 0.15) is 12.1 Å². The van der Waals surface area contributed by atoms with E-state index in [0.717, 1.165) is 29.0 Å². The lowest BCUT2D eigenvalue weighted by molar-refractivity contribution is -0.151. The van der Waals surface area contributed by atoms with Gasteiger partial charge in [0.15, 0.2) is 6.61 Å². The number of hydrogen-bond donors (Lipinski definition) is 2. The molecule has 1 aliphatic carbocycles. The highest BCUT2D eigenvalue weighted by atomic mass is 32.1. The number of nitrogens with zero attached hydrogens (tertiary/aromatic N) is 1. The van der Waals surface area contributed by atoms with Crippen molar-refractivity contribution in [2.24, 2.45) is 5.92 Å². The molecule has 1 saturated carbocycles. The average molecular weight is 393 g/mol. The Morgan fingerprint density at radius 2 is 2.22 bits per heavy atom. The Kier molecular flexibility index (Phi) is 5.79. The molecule has 2 atom stereocenters. The van der Waals surface area contributed by atoms with Gasteiger partial charge in [0, 0.05) is 4.88 Å². The second-order valence-electron chi connectivity index (χ2n) is 6.96. The molecule has 9 heteroatoms. The Balaban J connectivity index is 1.48. The summed E-state index contributed by atoms with van der Waals surface area (Å²) >= 11 is 1.51. The van der Waals surface area contributed by atoms with Crippen molar-refractivity contribution in [2.45, 2.75) is 44.7 Å². The molecule has 8 nitrogen and oxygen atoms in total. The topological polar surface area (TPSA) is 105 Å². The summed E-state index contributed by atoms with van der Waals surface area (Å²) in [5, 5.41) is 7.32. The monoisotopic (exact) mass is 393 g/mol. The van der Waals surface area contributed by atoms with Gasteiger partial charge in [0.05, 0.1) is 6.54 Å². The number of imide groups is 1. The van der Waals surface area contributed by atoms with Crippen LogP contribution in [0.4, 0.5) is 4.79 Å². The van der Waals surface area contributed by atoms with Crippen LogP contribution in [0.15, 0.2) is 17.5 Å². The first-order valence-electron chi connectivity index (χ1n) is 9.01. The molecule has 1 saturated heterocycles. The van der Waals surface area contributed by atoms with E-state index < -0.39 is 36.6 Å². The molecule has 1 spiro atoms. The number of thiophene rings is 1. The smallest absolute Gasteiger partial charge is 0.326 e. The summed E-state index contributed by atoms with van der Waals surface area (Å²) in [6.45, 7) is 1.37. The molecule has 0 bridgehead atoms. The van der Waals surface area contributed by atoms with Gasteiger partial charge in [-0.2, -0.15) is 0 Å². The molecule has 1 aromatic heterocycles. The molecule has 2 heterocycles. The molecule has 2 N–H and O–H groups in total. The van der Waals surface area contributed by atoms with E-state index in [0.29, 0.717) is 13.0 Å². The minimum atomic E-state index is -0.909. The first kappa shape index (κ1) is 19.3. The molecular weight excluding hydrogens is 370 g/mol. The Morgan fingerprint density at radius 3 is 2.93 bits per heavy atom. The van der Waals surface area contributed by atoms with Gasteiger partial charge in [-0.1, -0.05) is 25.8 Å². The molecular formula is C18H23N3O5S. The van der Waals surface area contributed by atoms with Crippen LogP contribution < -0.4 is 10.6 Å². The summed E-state index contributed by atoms with van der Waals surface area (Å²) in [6, 6.07) is 3.19. The summed E-state index contributed by atoms with van der Waals surface area (Å²) in [6.07, 6.45) is 3.32. The van der Waals surface area contributed by atoms with Crippen LogP contribution in [0.1, 0.15) is 37.5 Å². The van der Waals surface area contributed by atoms with Crippen LogP contribution in [0, 0.1) is 5.92 Å². The van der Waals surface area contributed by atoms with E-state index in [1.54, 1.807) is 0 Å². The maximum atomic E-state index is 12.8. The van der Waals surface area contributed by atoms with E-state index >= 15 is 0 Å². The number of rotatable bonds is 6. The lowest BCUT2D eigenvalue weighted by Gasteiger charge is -2.36. The average Bonchev–Trinajstić information content (AvgIpc) is 3.24. The lowest BCUT2D eigenvalue weighted by atomic mass is 9.73. The number of urea groups is 1. The van der Waals surface area contributed by atoms with Crippen molar-refractivity contribution in [3.05, 3.63) is 22.4 Å². The zero-order valence-electron chi connectivity index (χ0n) is 15.2. The van der Waals surface area contributed by atoms with Gasteiger partial charge < -0.3 is 15.4 Å². The van der Waals surface area contributed by atoms with Crippen molar-refractivity contribution in [3.63, 3.8) is 0 Å². The first-order valence-corrected chi connectivity index (χ1v) is 9.89. The van der Waals surface area contributed by atoms with Crippen LogP contribution in [0.2, 0.25) is 0 Å². The van der Waals surface area contributed by atoms with Crippen molar-refractivity contribution < 1.29 is 23.9 Å². The highest BCUT2D eigenvalue weighted by molar-refractivity contribution is 7.09. The minimum absolute atomic E-state index is 0.0201. The highest BCUT2D eigenvalue weighted by Gasteiger charge is 2.55. The Labute approximate surface area is 161 Å². The van der Waals surface area contributed by atoms with Crippen LogP contribution in [-0.4, -0.2) is 47.4 Å². The molecule has 0 aromatic carbocycles. The van der Waals surface area contributed by atoms with E-state index in [4.69, 9.17) is 4.74 Å². The summed E-state index contributed by atoms with van der Waals surface area (Å²) < 4.78 is 4.91. The van der Waals surface area contributed by atoms with Gasteiger partial charge in [-0.05, 0) is 30.2 Å². The van der Waals surface area contributed by atoms with E-state index in [-0.39, 0.29) is 11.8 Å². The Hall–Kier alpha value is -2.42. The maximum Gasteiger partial charge on any atom is 0.326 e. The molecule has 27 heavy (non-hydrogen) atoms. The van der Waals surface area contributed by atoms with E-state index in [9.17, 15) is 19.2 Å². The zero-order chi connectivity index (χ0) is 19.4. The zero-order valence-corrected chi connectivity index (χ0v) is 16.0. The quantitative estimate of drug-likeness (QED) is 0.562. The van der Waals surface area contributed by atoms with Crippen molar-refractivity contribution in [1.29, 1.82) is 0 Å². The lowest BCUT2D eigenvalue weighted by Crippen LogP contribution is -2.54. The third-order valence-electron chi connectivity index (χ3n) is 5.19. The van der Waals surface area contributed by atoms with Crippen LogP contribution in [0.3, 0.4) is 0 Å². The van der Waals surface area contributed by atoms with Crippen LogP contribution in [-0.2, 0) is 25.7 Å². The predicted molar refractivity (Wildman–Crippen MR) is 97.7 cm³/mol.